The van der Waals surface area contributed by atoms with Crippen LogP contribution >= 0.6 is 0 Å². The van der Waals surface area contributed by atoms with Gasteiger partial charge < -0.3 is 25.4 Å². The second-order valence-electron chi connectivity index (χ2n) is 9.19. The summed E-state index contributed by atoms with van der Waals surface area (Å²) in [7, 11) is 0. The first kappa shape index (κ1) is 23.1. The number of likely N-dealkylation sites (tertiary alicyclic amines) is 1. The molecule has 2 aromatic carbocycles. The number of aliphatic hydroxyl groups excluding tert-OH is 1. The average molecular weight is 425 g/mol. The van der Waals surface area contributed by atoms with Gasteiger partial charge in [0.05, 0.1) is 0 Å². The Kier molecular flexibility index (Phi) is 7.93. The Morgan fingerprint density at radius 1 is 1.23 bits per heavy atom. The van der Waals surface area contributed by atoms with Crippen LogP contribution < -0.4 is 15.4 Å². The summed E-state index contributed by atoms with van der Waals surface area (Å²) in [4.78, 5) is 4.11. The van der Waals surface area contributed by atoms with E-state index in [1.165, 1.54) is 0 Å². The van der Waals surface area contributed by atoms with Crippen molar-refractivity contribution in [1.29, 1.82) is 5.41 Å². The number of nitrogens with zero attached hydrogens (tertiary/aromatic N) is 2. The molecule has 2 aromatic rings. The van der Waals surface area contributed by atoms with Gasteiger partial charge in [0.25, 0.3) is 0 Å². The number of ether oxygens (including phenoxy) is 1. The lowest BCUT2D eigenvalue weighted by atomic mass is 9.92. The molecule has 0 radical (unpaired) electrons. The van der Waals surface area contributed by atoms with Gasteiger partial charge in [-0.25, -0.2) is 0 Å². The highest BCUT2D eigenvalue weighted by Gasteiger charge is 2.29. The van der Waals surface area contributed by atoms with Gasteiger partial charge in [0.15, 0.2) is 5.96 Å². The third-order valence-electron chi connectivity index (χ3n) is 5.85. The number of anilines is 1. The Balaban J connectivity index is 1.80. The fourth-order valence-corrected chi connectivity index (χ4v) is 3.84. The lowest BCUT2D eigenvalue weighted by molar-refractivity contribution is 0.158. The number of nitrogens with two attached hydrogens (primary N) is 1. The largest absolute Gasteiger partial charge is 0.489 e. The maximum atomic E-state index is 9.62. The second kappa shape index (κ2) is 10.6. The van der Waals surface area contributed by atoms with Crippen molar-refractivity contribution in [3.8, 4) is 5.75 Å². The van der Waals surface area contributed by atoms with E-state index >= 15 is 0 Å². The molecular weight excluding hydrogens is 388 g/mol. The van der Waals surface area contributed by atoms with Gasteiger partial charge in [0.2, 0.25) is 0 Å². The number of hydrogen-bond donors (Lipinski definition) is 3. The van der Waals surface area contributed by atoms with Crippen LogP contribution in [0.4, 0.5) is 5.69 Å². The van der Waals surface area contributed by atoms with E-state index in [9.17, 15) is 5.11 Å². The fourth-order valence-electron chi connectivity index (χ4n) is 3.84. The number of guanidine groups is 1. The van der Waals surface area contributed by atoms with Gasteiger partial charge in [-0.1, -0.05) is 50.2 Å². The summed E-state index contributed by atoms with van der Waals surface area (Å²) in [5.74, 6) is 1.45. The molecule has 0 amide bonds. The van der Waals surface area contributed by atoms with E-state index in [0.717, 1.165) is 36.4 Å². The minimum absolute atomic E-state index is 0.153. The Bertz CT molecular complexity index is 840. The minimum Gasteiger partial charge on any atom is -0.489 e. The number of aliphatic hydroxyl groups is 1. The first-order valence-corrected chi connectivity index (χ1v) is 11.1. The van der Waals surface area contributed by atoms with Crippen molar-refractivity contribution in [1.82, 2.24) is 4.90 Å². The normalized spacial score (nSPS) is 16.8. The molecule has 1 atom stereocenters. The van der Waals surface area contributed by atoms with Crippen molar-refractivity contribution in [3.63, 3.8) is 0 Å². The lowest BCUT2D eigenvalue weighted by Crippen LogP contribution is -2.52. The Hall–Kier alpha value is -2.57. The standard InChI is InChI=1S/C25H36N4O2/c1-25(2,18-26)19-29(24(27)28-13-7-10-21(15-28)16-30)22-11-6-12-23(14-22)31-17-20-8-4-3-5-9-20/h3-6,8-9,11-12,14,21,27,30H,7,10,13,15-19,26H2,1-2H3. The summed E-state index contributed by atoms with van der Waals surface area (Å²) < 4.78 is 6.03. The molecule has 31 heavy (non-hydrogen) atoms. The molecule has 6 nitrogen and oxygen atoms in total. The molecular formula is C25H36N4O2. The molecule has 0 bridgehead atoms. The maximum absolute atomic E-state index is 9.62. The van der Waals surface area contributed by atoms with Crippen LogP contribution in [0.15, 0.2) is 54.6 Å². The van der Waals surface area contributed by atoms with E-state index < -0.39 is 0 Å². The zero-order valence-corrected chi connectivity index (χ0v) is 18.8. The number of nitrogens with one attached hydrogen (secondary N) is 1. The molecule has 3 rings (SSSR count). The number of hydrogen-bond acceptors (Lipinski definition) is 4. The highest BCUT2D eigenvalue weighted by molar-refractivity contribution is 5.94. The third-order valence-corrected chi connectivity index (χ3v) is 5.85. The highest BCUT2D eigenvalue weighted by Crippen LogP contribution is 2.28. The Labute approximate surface area is 186 Å². The monoisotopic (exact) mass is 424 g/mol. The van der Waals surface area contributed by atoms with Crippen LogP contribution in [-0.4, -0.2) is 48.8 Å². The van der Waals surface area contributed by atoms with Crippen molar-refractivity contribution in [2.24, 2.45) is 17.1 Å². The summed E-state index contributed by atoms with van der Waals surface area (Å²) >= 11 is 0. The van der Waals surface area contributed by atoms with Gasteiger partial charge in [-0.2, -0.15) is 0 Å². The summed E-state index contributed by atoms with van der Waals surface area (Å²) in [6.45, 7) is 7.61. The van der Waals surface area contributed by atoms with Crippen LogP contribution in [0.25, 0.3) is 0 Å². The number of rotatable bonds is 8. The van der Waals surface area contributed by atoms with Crippen molar-refractivity contribution >= 4 is 11.6 Å². The Morgan fingerprint density at radius 3 is 2.71 bits per heavy atom. The molecule has 1 saturated heterocycles. The molecule has 0 spiro atoms. The van der Waals surface area contributed by atoms with E-state index in [1.54, 1.807) is 0 Å². The van der Waals surface area contributed by atoms with E-state index in [0.29, 0.717) is 32.2 Å². The molecule has 1 unspecified atom stereocenters. The Morgan fingerprint density at radius 2 is 2.00 bits per heavy atom. The van der Waals surface area contributed by atoms with Crippen LogP contribution in [0, 0.1) is 16.7 Å². The molecule has 6 heteroatoms. The maximum Gasteiger partial charge on any atom is 0.198 e. The zero-order chi connectivity index (χ0) is 22.3. The molecule has 1 aliphatic heterocycles. The molecule has 1 aliphatic rings. The second-order valence-corrected chi connectivity index (χ2v) is 9.19. The van der Waals surface area contributed by atoms with Gasteiger partial charge in [0, 0.05) is 38.0 Å². The van der Waals surface area contributed by atoms with Crippen molar-refractivity contribution in [2.75, 3.05) is 37.7 Å². The van der Waals surface area contributed by atoms with Crippen molar-refractivity contribution < 1.29 is 9.84 Å². The van der Waals surface area contributed by atoms with E-state index in [-0.39, 0.29) is 17.9 Å². The quantitative estimate of drug-likeness (QED) is 0.444. The van der Waals surface area contributed by atoms with Crippen LogP contribution in [0.2, 0.25) is 0 Å². The SMILES string of the molecule is CC(C)(CN)CN(C(=N)N1CCCC(CO)C1)c1cccc(OCc2ccccc2)c1. The van der Waals surface area contributed by atoms with Gasteiger partial charge >= 0.3 is 0 Å². The predicted octanol–water partition coefficient (Wildman–Crippen LogP) is 3.70. The molecule has 1 heterocycles. The molecule has 1 fully saturated rings. The lowest BCUT2D eigenvalue weighted by Gasteiger charge is -2.41. The smallest absolute Gasteiger partial charge is 0.198 e. The summed E-state index contributed by atoms with van der Waals surface area (Å²) in [6, 6.07) is 18.0. The van der Waals surface area contributed by atoms with Crippen LogP contribution in [-0.2, 0) is 6.61 Å². The average Bonchev–Trinajstić information content (AvgIpc) is 2.81. The van der Waals surface area contributed by atoms with Gasteiger partial charge in [0.1, 0.15) is 12.4 Å². The molecule has 0 aromatic heterocycles. The van der Waals surface area contributed by atoms with Crippen LogP contribution in [0.3, 0.4) is 0 Å². The van der Waals surface area contributed by atoms with Crippen molar-refractivity contribution in [2.45, 2.75) is 33.3 Å². The van der Waals surface area contributed by atoms with E-state index in [4.69, 9.17) is 15.9 Å². The van der Waals surface area contributed by atoms with E-state index in [2.05, 4.69) is 18.7 Å². The van der Waals surface area contributed by atoms with Crippen molar-refractivity contribution in [3.05, 3.63) is 60.2 Å². The third kappa shape index (κ3) is 6.45. The topological polar surface area (TPSA) is 85.8 Å². The number of piperidine rings is 1. The van der Waals surface area contributed by atoms with E-state index in [1.807, 2.05) is 59.5 Å². The first-order valence-electron chi connectivity index (χ1n) is 11.1. The first-order chi connectivity index (χ1) is 14.9. The highest BCUT2D eigenvalue weighted by atomic mass is 16.5. The van der Waals surface area contributed by atoms with Crippen LogP contribution in [0.5, 0.6) is 5.75 Å². The molecule has 0 saturated carbocycles. The summed E-state index contributed by atoms with van der Waals surface area (Å²) in [5.41, 5.74) is 7.91. The molecule has 0 aliphatic carbocycles. The minimum atomic E-state index is -0.153. The molecule has 168 valence electrons. The number of benzene rings is 2. The fraction of sp³-hybridized carbons (Fsp3) is 0.480. The summed E-state index contributed by atoms with van der Waals surface area (Å²) in [5, 5.41) is 18.6. The predicted molar refractivity (Wildman–Crippen MR) is 127 cm³/mol. The summed E-state index contributed by atoms with van der Waals surface area (Å²) in [6.07, 6.45) is 2.00. The van der Waals surface area contributed by atoms with Gasteiger partial charge in [-0.15, -0.1) is 0 Å². The van der Waals surface area contributed by atoms with Crippen LogP contribution in [0.1, 0.15) is 32.3 Å². The molecule has 4 N–H and O–H groups in total. The van der Waals surface area contributed by atoms with Gasteiger partial charge in [-0.05, 0) is 48.4 Å². The van der Waals surface area contributed by atoms with Gasteiger partial charge in [-0.3, -0.25) is 5.41 Å². The zero-order valence-electron chi connectivity index (χ0n) is 18.8.